The predicted molar refractivity (Wildman–Crippen MR) is 422 cm³/mol. The molecule has 3 saturated heterocycles. The number of primary amides is 1. The van der Waals surface area contributed by atoms with Crippen molar-refractivity contribution >= 4 is 82.6 Å². The summed E-state index contributed by atoms with van der Waals surface area (Å²) >= 11 is 1.51. The van der Waals surface area contributed by atoms with Gasteiger partial charge in [-0.15, -0.1) is 11.8 Å². The lowest BCUT2D eigenvalue weighted by Gasteiger charge is -2.42. The third kappa shape index (κ3) is 27.7. The summed E-state index contributed by atoms with van der Waals surface area (Å²) in [7, 11) is 5.99. The number of thioether (sulfide) groups is 1. The number of ether oxygens (including phenoxy) is 5. The number of likely N-dealkylation sites (N-methyl/N-ethyl adjacent to an activating group) is 2. The number of aliphatic hydroxyl groups excluding tert-OH is 4. The molecule has 32 heteroatoms. The van der Waals surface area contributed by atoms with Crippen LogP contribution in [-0.2, 0) is 73.4 Å². The minimum absolute atomic E-state index is 0.0175. The van der Waals surface area contributed by atoms with E-state index >= 15 is 0 Å². The molecule has 0 aromatic heterocycles. The van der Waals surface area contributed by atoms with Gasteiger partial charge in [-0.2, -0.15) is 0 Å². The molecule has 12 N–H and O–H groups in total. The van der Waals surface area contributed by atoms with Crippen molar-refractivity contribution in [3.63, 3.8) is 0 Å². The number of carbonyl (C=O) groups is 11. The van der Waals surface area contributed by atoms with Gasteiger partial charge in [-0.05, 0) is 104 Å². The minimum Gasteiger partial charge on any atom is -0.445 e. The van der Waals surface area contributed by atoms with E-state index in [1.807, 2.05) is 13.8 Å². The molecule has 17 unspecified atom stereocenters. The fourth-order valence-corrected chi connectivity index (χ4v) is 15.7. The van der Waals surface area contributed by atoms with Crippen molar-refractivity contribution in [3.05, 3.63) is 65.7 Å². The smallest absolute Gasteiger partial charge is 0.410 e. The number of nitrogens with two attached hydrogens (primary N) is 1. The Kier molecular flexibility index (Phi) is 38.8. The molecule has 630 valence electrons. The van der Waals surface area contributed by atoms with Gasteiger partial charge >= 0.3 is 12.1 Å². The Morgan fingerprint density at radius 2 is 1.43 bits per heavy atom. The molecule has 31 nitrogen and oxygen atoms in total. The van der Waals surface area contributed by atoms with E-state index in [0.29, 0.717) is 68.3 Å². The molecule has 0 spiro atoms. The third-order valence-corrected chi connectivity index (χ3v) is 22.9. The Labute approximate surface area is 665 Å². The predicted octanol–water partition coefficient (Wildman–Crippen LogP) is 4.93. The summed E-state index contributed by atoms with van der Waals surface area (Å²) in [5.74, 6) is -4.89. The van der Waals surface area contributed by atoms with E-state index in [2.05, 4.69) is 52.7 Å². The molecule has 3 aliphatic rings. The lowest BCUT2D eigenvalue weighted by atomic mass is 9.89. The van der Waals surface area contributed by atoms with Crippen LogP contribution in [0.4, 0.5) is 15.3 Å². The number of unbranched alkanes of at least 4 members (excludes halogenated alkanes) is 2. The standard InChI is InChI=1S/C80H129N11O20S/c1-18-48(8)66(57(107-16)39-61(95)90-38-26-30-55(90)70(108-17)49(9)72(100)84-50(10)71(52-27-21-19-22-28-52)111-77-69(99)68(98)67(97)58(42-92)110-77)88(14)76(104)64(46(4)5)87-74(102)65(47(6)7)89(15)79(106)109-43-51-32-34-53(35-33-51)85-73(101)54(29-25-36-82-78(81)105)83-41-56(93)63(45(2)3)86-60(94)31-23-20-24-37-91-62(96)40-59(75(91)103)112-44-80(11,12)13/h19,21-22,27-28,32-35,45-50,54-55,57-59,63-71,77,83,92,97-99H,18,20,23-26,29-31,36-44H2,1-17H3,(H,84,100)(H,85,101)(H,86,94)(H,87,102)(H3,81,82,105)/t48?,49?,50?,54?,55?,57?,58?,59?,63?,64?,65?,66?,67?,68?,69-,70?,71?,77?/m0/s1. The van der Waals surface area contributed by atoms with Crippen molar-refractivity contribution < 1.29 is 96.9 Å². The number of nitrogens with zero attached hydrogens (tertiary/aromatic N) is 4. The maximum Gasteiger partial charge on any atom is 0.410 e. The van der Waals surface area contributed by atoms with E-state index < -0.39 is 151 Å². The van der Waals surface area contributed by atoms with Crippen LogP contribution in [0.5, 0.6) is 0 Å². The van der Waals surface area contributed by atoms with Gasteiger partial charge in [-0.3, -0.25) is 58.3 Å². The average Bonchev–Trinajstić information content (AvgIpc) is 1.28. The first kappa shape index (κ1) is 95.2. The van der Waals surface area contributed by atoms with E-state index in [1.165, 1.54) is 47.7 Å². The molecule has 112 heavy (non-hydrogen) atoms. The van der Waals surface area contributed by atoms with Crippen molar-refractivity contribution in [1.82, 2.24) is 46.2 Å². The number of Topliss-reactive ketones (excluding diaryl/α,β-unsaturated/α-hetero) is 1. The van der Waals surface area contributed by atoms with Crippen LogP contribution < -0.4 is 37.6 Å². The highest BCUT2D eigenvalue weighted by Gasteiger charge is 2.48. The number of amides is 11. The second kappa shape index (κ2) is 45.6. The van der Waals surface area contributed by atoms with E-state index in [0.717, 1.165) is 5.75 Å². The SMILES string of the molecule is CCC(C)C(C(CC(=O)N1CCCC1C(OC)C(C)C(=O)NC(C)C(OC1OC(CO)C(O)C(O)[C@@H]1O)c1ccccc1)OC)N(C)C(=O)C(NC(=O)C(C(C)C)N(C)C(=O)OCc1ccc(NC(=O)C(CCCNC(N)=O)NCC(=O)C(NC(=O)CCCCCN2C(=O)CC(SCC(C)(C)C)C2=O)C(C)C)cc1)C(C)C. The fourth-order valence-electron chi connectivity index (χ4n) is 14.5. The highest BCUT2D eigenvalue weighted by molar-refractivity contribution is 8.00. The topological polar surface area (TPSA) is 426 Å². The monoisotopic (exact) mass is 1600 g/mol. The molecular weight excluding hydrogens is 1470 g/mol. The summed E-state index contributed by atoms with van der Waals surface area (Å²) < 4.78 is 29.8. The maximum absolute atomic E-state index is 15.0. The number of aliphatic hydroxyl groups is 4. The molecule has 2 aromatic rings. The van der Waals surface area contributed by atoms with Crippen LogP contribution >= 0.6 is 11.8 Å². The summed E-state index contributed by atoms with van der Waals surface area (Å²) in [6.07, 6.45) is -7.22. The van der Waals surface area contributed by atoms with Crippen LogP contribution in [0.15, 0.2) is 54.6 Å². The number of rotatable bonds is 45. The maximum atomic E-state index is 15.0. The first-order chi connectivity index (χ1) is 52.8. The number of anilines is 1. The van der Waals surface area contributed by atoms with Crippen molar-refractivity contribution in [1.29, 1.82) is 0 Å². The molecule has 2 aromatic carbocycles. The van der Waals surface area contributed by atoms with Gasteiger partial charge in [-0.25, -0.2) is 9.59 Å². The van der Waals surface area contributed by atoms with Gasteiger partial charge in [-0.1, -0.05) is 138 Å². The van der Waals surface area contributed by atoms with Gasteiger partial charge in [0.1, 0.15) is 49.2 Å². The first-order valence-electron chi connectivity index (χ1n) is 39.4. The normalized spacial score (nSPS) is 21.7. The van der Waals surface area contributed by atoms with Gasteiger partial charge in [0.25, 0.3) is 0 Å². The summed E-state index contributed by atoms with van der Waals surface area (Å²) in [6.45, 7) is 23.8. The van der Waals surface area contributed by atoms with E-state index in [-0.39, 0.29) is 104 Å². The summed E-state index contributed by atoms with van der Waals surface area (Å²) in [4.78, 5) is 156. The Morgan fingerprint density at radius 1 is 0.768 bits per heavy atom. The van der Waals surface area contributed by atoms with Crippen LogP contribution in [0.2, 0.25) is 0 Å². The molecule has 11 amide bonds. The number of benzene rings is 2. The summed E-state index contributed by atoms with van der Waals surface area (Å²) in [5.41, 5.74) is 6.79. The average molecular weight is 1600 g/mol. The Hall–Kier alpha value is -7.40. The largest absolute Gasteiger partial charge is 0.445 e. The Morgan fingerprint density at radius 3 is 2.02 bits per heavy atom. The lowest BCUT2D eigenvalue weighted by molar-refractivity contribution is -0.314. The number of imide groups is 1. The third-order valence-electron chi connectivity index (χ3n) is 21.1. The fraction of sp³-hybridized carbons (Fsp3) is 0.713. The summed E-state index contributed by atoms with van der Waals surface area (Å²) in [6, 6.07) is 8.49. The van der Waals surface area contributed by atoms with Gasteiger partial charge in [0.2, 0.25) is 47.3 Å². The molecular formula is C80H129N11O20S. The van der Waals surface area contributed by atoms with Crippen LogP contribution in [-0.4, -0.2) is 263 Å². The molecule has 3 fully saturated rings. The van der Waals surface area contributed by atoms with Crippen molar-refractivity contribution in [3.8, 4) is 0 Å². The molecule has 0 bridgehead atoms. The number of urea groups is 1. The number of hydrogen-bond donors (Lipinski definition) is 11. The second-order valence-electron chi connectivity index (χ2n) is 32.2. The van der Waals surface area contributed by atoms with E-state index in [1.54, 1.807) is 122 Å². The van der Waals surface area contributed by atoms with Crippen LogP contribution in [0.3, 0.4) is 0 Å². The van der Waals surface area contributed by atoms with Crippen molar-refractivity contribution in [2.75, 3.05) is 72.2 Å². The minimum atomic E-state index is -1.70. The Bertz CT molecular complexity index is 3390. The molecule has 3 heterocycles. The van der Waals surface area contributed by atoms with E-state index in [9.17, 15) is 73.2 Å². The van der Waals surface area contributed by atoms with Crippen LogP contribution in [0, 0.1) is 35.0 Å². The van der Waals surface area contributed by atoms with Gasteiger partial charge in [0.05, 0.1) is 73.2 Å². The Balaban J connectivity index is 1.16. The highest BCUT2D eigenvalue weighted by atomic mass is 32.2. The summed E-state index contributed by atoms with van der Waals surface area (Å²) in [5, 5.41) is 58.5. The molecule has 0 aliphatic carbocycles. The molecule has 0 radical (unpaired) electrons. The molecule has 3 aliphatic heterocycles. The van der Waals surface area contributed by atoms with Crippen LogP contribution in [0.1, 0.15) is 178 Å². The molecule has 0 saturated carbocycles. The number of nitrogens with one attached hydrogen (secondary N) is 6. The number of ketones is 1. The lowest BCUT2D eigenvalue weighted by Crippen LogP contribution is -2.60. The molecule has 5 rings (SSSR count). The quantitative estimate of drug-likeness (QED) is 0.0309. The molecule has 18 atom stereocenters. The van der Waals surface area contributed by atoms with Gasteiger partial charge in [0, 0.05) is 66.5 Å². The first-order valence-corrected chi connectivity index (χ1v) is 40.4. The number of likely N-dealkylation sites (tertiary alicyclic amines) is 2. The van der Waals surface area contributed by atoms with Gasteiger partial charge < -0.3 is 86.2 Å². The highest BCUT2D eigenvalue weighted by Crippen LogP contribution is 2.35. The van der Waals surface area contributed by atoms with Crippen molar-refractivity contribution in [2.24, 2.45) is 40.7 Å². The number of methoxy groups -OCH3 is 2. The van der Waals surface area contributed by atoms with Gasteiger partial charge in [0.15, 0.2) is 12.1 Å². The zero-order valence-corrected chi connectivity index (χ0v) is 69.5. The number of carbonyl (C=O) groups excluding carboxylic acids is 11. The van der Waals surface area contributed by atoms with Crippen LogP contribution in [0.25, 0.3) is 0 Å². The second-order valence-corrected chi connectivity index (χ2v) is 33.4. The zero-order valence-electron chi connectivity index (χ0n) is 68.6. The number of hydrogen-bond acceptors (Lipinski definition) is 22. The zero-order chi connectivity index (χ0) is 83.6. The van der Waals surface area contributed by atoms with Crippen molar-refractivity contribution in [2.45, 2.75) is 264 Å². The van der Waals surface area contributed by atoms with E-state index in [4.69, 9.17) is 29.4 Å².